The first-order valence-corrected chi connectivity index (χ1v) is 7.22. The quantitative estimate of drug-likeness (QED) is 0.874. The van der Waals surface area contributed by atoms with Gasteiger partial charge in [-0.1, -0.05) is 18.2 Å². The van der Waals surface area contributed by atoms with Crippen molar-refractivity contribution in [1.82, 2.24) is 5.32 Å². The van der Waals surface area contributed by atoms with Crippen molar-refractivity contribution >= 4 is 0 Å². The van der Waals surface area contributed by atoms with Crippen LogP contribution in [0.5, 0.6) is 11.5 Å². The largest absolute Gasteiger partial charge is 0.496 e. The molecule has 0 aliphatic rings. The standard InChI is InChI=1S/C18H23NO2/c1-13(2)21-17-8-5-14(6-9-17)15-7-10-18(20-4)16(11-15)12-19-3/h5-11,13,19H,12H2,1-4H3. The molecule has 2 rings (SSSR count). The molecule has 0 saturated carbocycles. The van der Waals surface area contributed by atoms with Crippen molar-refractivity contribution in [3.05, 3.63) is 48.0 Å². The van der Waals surface area contributed by atoms with Gasteiger partial charge in [-0.05, 0) is 56.3 Å². The summed E-state index contributed by atoms with van der Waals surface area (Å²) in [5, 5.41) is 3.17. The van der Waals surface area contributed by atoms with Crippen molar-refractivity contribution in [2.24, 2.45) is 0 Å². The number of benzene rings is 2. The molecule has 21 heavy (non-hydrogen) atoms. The summed E-state index contributed by atoms with van der Waals surface area (Å²) in [4.78, 5) is 0. The van der Waals surface area contributed by atoms with Crippen molar-refractivity contribution < 1.29 is 9.47 Å². The Kier molecular flexibility index (Phi) is 5.23. The van der Waals surface area contributed by atoms with E-state index in [0.29, 0.717) is 0 Å². The number of methoxy groups -OCH3 is 1. The highest BCUT2D eigenvalue weighted by Crippen LogP contribution is 2.28. The van der Waals surface area contributed by atoms with Gasteiger partial charge in [-0.3, -0.25) is 0 Å². The first-order valence-electron chi connectivity index (χ1n) is 7.22. The summed E-state index contributed by atoms with van der Waals surface area (Å²) < 4.78 is 11.1. The summed E-state index contributed by atoms with van der Waals surface area (Å²) in [6, 6.07) is 14.4. The molecule has 2 aromatic rings. The summed E-state index contributed by atoms with van der Waals surface area (Å²) in [6.07, 6.45) is 0.194. The van der Waals surface area contributed by atoms with Crippen LogP contribution in [0, 0.1) is 0 Å². The monoisotopic (exact) mass is 285 g/mol. The average Bonchev–Trinajstić information content (AvgIpc) is 2.48. The zero-order valence-electron chi connectivity index (χ0n) is 13.1. The van der Waals surface area contributed by atoms with E-state index in [-0.39, 0.29) is 6.10 Å². The van der Waals surface area contributed by atoms with E-state index >= 15 is 0 Å². The van der Waals surface area contributed by atoms with Gasteiger partial charge in [0.05, 0.1) is 13.2 Å². The highest BCUT2D eigenvalue weighted by Gasteiger charge is 2.06. The van der Waals surface area contributed by atoms with Gasteiger partial charge >= 0.3 is 0 Å². The van der Waals surface area contributed by atoms with E-state index < -0.39 is 0 Å². The van der Waals surface area contributed by atoms with Crippen LogP contribution in [0.4, 0.5) is 0 Å². The molecule has 3 nitrogen and oxygen atoms in total. The van der Waals surface area contributed by atoms with Crippen LogP contribution in [0.15, 0.2) is 42.5 Å². The molecule has 0 bridgehead atoms. The van der Waals surface area contributed by atoms with E-state index in [0.717, 1.165) is 23.6 Å². The molecule has 2 aromatic carbocycles. The summed E-state index contributed by atoms with van der Waals surface area (Å²) in [7, 11) is 3.64. The fourth-order valence-electron chi connectivity index (χ4n) is 2.28. The predicted molar refractivity (Wildman–Crippen MR) is 87.0 cm³/mol. The van der Waals surface area contributed by atoms with Crippen molar-refractivity contribution in [3.63, 3.8) is 0 Å². The van der Waals surface area contributed by atoms with Crippen molar-refractivity contribution in [1.29, 1.82) is 0 Å². The minimum atomic E-state index is 0.194. The third kappa shape index (κ3) is 3.99. The summed E-state index contributed by atoms with van der Waals surface area (Å²) in [6.45, 7) is 4.84. The SMILES string of the molecule is CNCc1cc(-c2ccc(OC(C)C)cc2)ccc1OC. The number of rotatable bonds is 6. The first kappa shape index (κ1) is 15.4. The van der Waals surface area contributed by atoms with Gasteiger partial charge in [0.1, 0.15) is 11.5 Å². The molecule has 0 heterocycles. The predicted octanol–water partition coefficient (Wildman–Crippen LogP) is 3.87. The van der Waals surface area contributed by atoms with Crippen LogP contribution in [0.2, 0.25) is 0 Å². The highest BCUT2D eigenvalue weighted by atomic mass is 16.5. The Morgan fingerprint density at radius 3 is 2.24 bits per heavy atom. The van der Waals surface area contributed by atoms with Crippen LogP contribution in [0.25, 0.3) is 11.1 Å². The highest BCUT2D eigenvalue weighted by molar-refractivity contribution is 5.66. The molecule has 0 amide bonds. The molecule has 0 saturated heterocycles. The van der Waals surface area contributed by atoms with Crippen molar-refractivity contribution in [2.45, 2.75) is 26.5 Å². The third-order valence-electron chi connectivity index (χ3n) is 3.21. The first-order chi connectivity index (χ1) is 10.1. The lowest BCUT2D eigenvalue weighted by molar-refractivity contribution is 0.242. The molecule has 0 atom stereocenters. The van der Waals surface area contributed by atoms with Crippen LogP contribution >= 0.6 is 0 Å². The molecule has 3 heteroatoms. The Labute approximate surface area is 126 Å². The fourth-order valence-corrected chi connectivity index (χ4v) is 2.28. The van der Waals surface area contributed by atoms with Gasteiger partial charge in [0, 0.05) is 12.1 Å². The Hall–Kier alpha value is -2.00. The average molecular weight is 285 g/mol. The molecule has 0 aromatic heterocycles. The van der Waals surface area contributed by atoms with E-state index in [2.05, 4.69) is 29.6 Å². The molecule has 1 N–H and O–H groups in total. The smallest absolute Gasteiger partial charge is 0.123 e. The molecule has 112 valence electrons. The zero-order valence-corrected chi connectivity index (χ0v) is 13.1. The second kappa shape index (κ2) is 7.14. The minimum Gasteiger partial charge on any atom is -0.496 e. The van der Waals surface area contributed by atoms with Crippen LogP contribution < -0.4 is 14.8 Å². The van der Waals surface area contributed by atoms with Gasteiger partial charge < -0.3 is 14.8 Å². The van der Waals surface area contributed by atoms with Gasteiger partial charge in [0.15, 0.2) is 0 Å². The minimum absolute atomic E-state index is 0.194. The van der Waals surface area contributed by atoms with Gasteiger partial charge in [-0.2, -0.15) is 0 Å². The van der Waals surface area contributed by atoms with Gasteiger partial charge in [-0.15, -0.1) is 0 Å². The fraction of sp³-hybridized carbons (Fsp3) is 0.333. The maximum Gasteiger partial charge on any atom is 0.123 e. The maximum atomic E-state index is 5.67. The molecular formula is C18H23NO2. The number of nitrogens with one attached hydrogen (secondary N) is 1. The topological polar surface area (TPSA) is 30.5 Å². The van der Waals surface area contributed by atoms with E-state index in [4.69, 9.17) is 9.47 Å². The molecule has 0 fully saturated rings. The van der Waals surface area contributed by atoms with Crippen LogP contribution in [0.1, 0.15) is 19.4 Å². The molecule has 0 radical (unpaired) electrons. The molecule has 0 spiro atoms. The van der Waals surface area contributed by atoms with Gasteiger partial charge in [-0.25, -0.2) is 0 Å². The summed E-state index contributed by atoms with van der Waals surface area (Å²) in [5.41, 5.74) is 3.50. The Morgan fingerprint density at radius 1 is 1.00 bits per heavy atom. The summed E-state index contributed by atoms with van der Waals surface area (Å²) >= 11 is 0. The van der Waals surface area contributed by atoms with E-state index in [1.807, 2.05) is 39.1 Å². The van der Waals surface area contributed by atoms with E-state index in [9.17, 15) is 0 Å². The van der Waals surface area contributed by atoms with Crippen LogP contribution in [-0.2, 0) is 6.54 Å². The second-order valence-corrected chi connectivity index (χ2v) is 5.25. The maximum absolute atomic E-state index is 5.67. The normalized spacial score (nSPS) is 10.7. The Balaban J connectivity index is 2.26. The summed E-state index contributed by atoms with van der Waals surface area (Å²) in [5.74, 6) is 1.81. The Bertz CT molecular complexity index is 576. The lowest BCUT2D eigenvalue weighted by Crippen LogP contribution is -2.06. The number of hydrogen-bond acceptors (Lipinski definition) is 3. The van der Waals surface area contributed by atoms with E-state index in [1.54, 1.807) is 7.11 Å². The third-order valence-corrected chi connectivity index (χ3v) is 3.21. The number of hydrogen-bond donors (Lipinski definition) is 1. The lowest BCUT2D eigenvalue weighted by atomic mass is 10.0. The Morgan fingerprint density at radius 2 is 1.67 bits per heavy atom. The van der Waals surface area contributed by atoms with Crippen LogP contribution in [0.3, 0.4) is 0 Å². The molecular weight excluding hydrogens is 262 g/mol. The van der Waals surface area contributed by atoms with Gasteiger partial charge in [0.25, 0.3) is 0 Å². The lowest BCUT2D eigenvalue weighted by Gasteiger charge is -2.12. The zero-order chi connectivity index (χ0) is 15.2. The van der Waals surface area contributed by atoms with Crippen molar-refractivity contribution in [3.8, 4) is 22.6 Å². The van der Waals surface area contributed by atoms with Crippen LogP contribution in [-0.4, -0.2) is 20.3 Å². The molecule has 0 aliphatic heterocycles. The second-order valence-electron chi connectivity index (χ2n) is 5.25. The number of ether oxygens (including phenoxy) is 2. The van der Waals surface area contributed by atoms with E-state index in [1.165, 1.54) is 11.1 Å². The van der Waals surface area contributed by atoms with Gasteiger partial charge in [0.2, 0.25) is 0 Å². The molecule has 0 aliphatic carbocycles. The molecule has 0 unspecified atom stereocenters. The van der Waals surface area contributed by atoms with Crippen molar-refractivity contribution in [2.75, 3.05) is 14.2 Å².